The van der Waals surface area contributed by atoms with Crippen LogP contribution >= 0.6 is 0 Å². The molecule has 0 amide bonds. The molecule has 6 nitrogen and oxygen atoms in total. The van der Waals surface area contributed by atoms with Gasteiger partial charge >= 0.3 is 17.9 Å². The fraction of sp³-hybridized carbons (Fsp3) is 0.947. The average Bonchev–Trinajstić information content (AvgIpc) is 3.28. The largest absolute Gasteiger partial charge is 0.462 e. The maximum absolute atomic E-state index is 12.8. The normalized spacial score (nSPS) is 12.4. The van der Waals surface area contributed by atoms with Crippen molar-refractivity contribution in [2.75, 3.05) is 13.2 Å². The van der Waals surface area contributed by atoms with Gasteiger partial charge in [-0.1, -0.05) is 285 Å². The Balaban J connectivity index is 4.27. The lowest BCUT2D eigenvalue weighted by Gasteiger charge is -2.18. The van der Waals surface area contributed by atoms with Crippen LogP contribution in [0, 0.1) is 5.92 Å². The molecular weight excluding hydrogens is 781 g/mol. The van der Waals surface area contributed by atoms with E-state index in [0.717, 1.165) is 63.7 Å². The van der Waals surface area contributed by atoms with E-state index < -0.39 is 6.10 Å². The van der Waals surface area contributed by atoms with Crippen LogP contribution in [0.15, 0.2) is 0 Å². The molecule has 0 fully saturated rings. The lowest BCUT2D eigenvalue weighted by molar-refractivity contribution is -0.167. The smallest absolute Gasteiger partial charge is 0.306 e. The molecule has 0 saturated heterocycles. The van der Waals surface area contributed by atoms with Crippen molar-refractivity contribution < 1.29 is 28.6 Å². The van der Waals surface area contributed by atoms with Gasteiger partial charge in [0, 0.05) is 19.3 Å². The molecule has 0 aromatic heterocycles. The van der Waals surface area contributed by atoms with Gasteiger partial charge < -0.3 is 14.2 Å². The van der Waals surface area contributed by atoms with Gasteiger partial charge in [-0.2, -0.15) is 0 Å². The Kier molecular flexibility index (Phi) is 50.1. The van der Waals surface area contributed by atoms with Crippen molar-refractivity contribution in [2.24, 2.45) is 5.92 Å². The first-order valence-electron chi connectivity index (χ1n) is 28.4. The van der Waals surface area contributed by atoms with E-state index in [-0.39, 0.29) is 31.1 Å². The molecule has 0 saturated carbocycles. The third-order valence-electron chi connectivity index (χ3n) is 13.4. The molecule has 374 valence electrons. The molecule has 0 aliphatic heterocycles. The fourth-order valence-electron chi connectivity index (χ4n) is 8.72. The zero-order chi connectivity index (χ0) is 45.9. The quantitative estimate of drug-likeness (QED) is 0.0344. The number of carbonyl (C=O) groups excluding carboxylic acids is 3. The monoisotopic (exact) mass is 891 g/mol. The van der Waals surface area contributed by atoms with Gasteiger partial charge in [0.25, 0.3) is 0 Å². The van der Waals surface area contributed by atoms with Crippen molar-refractivity contribution in [3.8, 4) is 0 Å². The van der Waals surface area contributed by atoms with Crippen LogP contribution in [-0.4, -0.2) is 37.2 Å². The molecule has 0 heterocycles. The van der Waals surface area contributed by atoms with Gasteiger partial charge in [0.2, 0.25) is 0 Å². The maximum atomic E-state index is 12.8. The zero-order valence-electron chi connectivity index (χ0n) is 43.0. The molecule has 0 radical (unpaired) electrons. The molecule has 0 aliphatic carbocycles. The predicted octanol–water partition coefficient (Wildman–Crippen LogP) is 18.6. The maximum Gasteiger partial charge on any atom is 0.306 e. The summed E-state index contributed by atoms with van der Waals surface area (Å²) in [6.45, 7) is 9.09. The van der Waals surface area contributed by atoms with Crippen molar-refractivity contribution in [1.29, 1.82) is 0 Å². The lowest BCUT2D eigenvalue weighted by atomic mass is 9.99. The summed E-state index contributed by atoms with van der Waals surface area (Å²) in [6, 6.07) is 0. The van der Waals surface area contributed by atoms with Gasteiger partial charge in [0.1, 0.15) is 13.2 Å². The molecule has 2 atom stereocenters. The van der Waals surface area contributed by atoms with E-state index in [2.05, 4.69) is 27.7 Å². The van der Waals surface area contributed by atoms with E-state index in [1.165, 1.54) is 218 Å². The second-order valence-corrected chi connectivity index (χ2v) is 19.8. The van der Waals surface area contributed by atoms with Crippen LogP contribution in [-0.2, 0) is 28.6 Å². The van der Waals surface area contributed by atoms with E-state index in [4.69, 9.17) is 14.2 Å². The van der Waals surface area contributed by atoms with E-state index in [9.17, 15) is 14.4 Å². The molecule has 0 rings (SSSR count). The fourth-order valence-corrected chi connectivity index (χ4v) is 8.72. The Labute approximate surface area is 393 Å². The Morgan fingerprint density at radius 3 is 0.825 bits per heavy atom. The number of hydrogen-bond donors (Lipinski definition) is 0. The van der Waals surface area contributed by atoms with Crippen LogP contribution in [0.3, 0.4) is 0 Å². The van der Waals surface area contributed by atoms with Gasteiger partial charge in [-0.05, 0) is 25.2 Å². The van der Waals surface area contributed by atoms with Gasteiger partial charge in [0.15, 0.2) is 6.10 Å². The third-order valence-corrected chi connectivity index (χ3v) is 13.4. The SMILES string of the molecule is CCCCCCCCCCCCCCCCCCC(=O)O[C@H](COC(=O)CCCCCCCCCCCCC)COC(=O)CCCCCCCCCCCCCCCCC(C)CC. The molecule has 0 aromatic rings. The van der Waals surface area contributed by atoms with Crippen molar-refractivity contribution in [1.82, 2.24) is 0 Å². The minimum atomic E-state index is -0.761. The minimum absolute atomic E-state index is 0.0620. The molecule has 63 heavy (non-hydrogen) atoms. The highest BCUT2D eigenvalue weighted by atomic mass is 16.6. The number of ether oxygens (including phenoxy) is 3. The molecular formula is C57H110O6. The van der Waals surface area contributed by atoms with Gasteiger partial charge in [-0.15, -0.1) is 0 Å². The third kappa shape index (κ3) is 49.7. The van der Waals surface area contributed by atoms with Crippen LogP contribution < -0.4 is 0 Å². The Morgan fingerprint density at radius 1 is 0.317 bits per heavy atom. The van der Waals surface area contributed by atoms with Crippen LogP contribution in [0.2, 0.25) is 0 Å². The van der Waals surface area contributed by atoms with E-state index in [1.807, 2.05) is 0 Å². The second kappa shape index (κ2) is 51.4. The second-order valence-electron chi connectivity index (χ2n) is 19.8. The molecule has 0 N–H and O–H groups in total. The highest BCUT2D eigenvalue weighted by Crippen LogP contribution is 2.18. The Bertz CT molecular complexity index is 951. The summed E-state index contributed by atoms with van der Waals surface area (Å²) in [5.74, 6) is 0.0583. The summed E-state index contributed by atoms with van der Waals surface area (Å²) in [7, 11) is 0. The standard InChI is InChI=1S/C57H110O6/c1-5-8-10-12-14-16-18-19-20-21-26-30-34-38-42-46-50-57(60)63-54(51-61-55(58)48-44-40-36-32-27-17-15-13-11-9-6-2)52-62-56(59)49-45-41-37-33-29-25-23-22-24-28-31-35-39-43-47-53(4)7-3/h53-54H,5-52H2,1-4H3/t53?,54-/m1/s1. The summed E-state index contributed by atoms with van der Waals surface area (Å²) in [4.78, 5) is 38.1. The number of esters is 3. The first-order chi connectivity index (χ1) is 30.9. The minimum Gasteiger partial charge on any atom is -0.462 e. The van der Waals surface area contributed by atoms with Crippen molar-refractivity contribution in [2.45, 2.75) is 329 Å². The molecule has 0 spiro atoms. The van der Waals surface area contributed by atoms with Crippen LogP contribution in [0.5, 0.6) is 0 Å². The number of rotatable bonds is 52. The topological polar surface area (TPSA) is 78.9 Å². The highest BCUT2D eigenvalue weighted by Gasteiger charge is 2.19. The van der Waals surface area contributed by atoms with Gasteiger partial charge in [0.05, 0.1) is 0 Å². The van der Waals surface area contributed by atoms with Crippen molar-refractivity contribution >= 4 is 17.9 Å². The summed E-state index contributed by atoms with van der Waals surface area (Å²) in [6.07, 6.45) is 55.1. The van der Waals surface area contributed by atoms with Gasteiger partial charge in [-0.3, -0.25) is 14.4 Å². The summed E-state index contributed by atoms with van der Waals surface area (Å²) in [5, 5.41) is 0. The average molecular weight is 892 g/mol. The lowest BCUT2D eigenvalue weighted by Crippen LogP contribution is -2.30. The van der Waals surface area contributed by atoms with Crippen molar-refractivity contribution in [3.63, 3.8) is 0 Å². The highest BCUT2D eigenvalue weighted by molar-refractivity contribution is 5.71. The first-order valence-corrected chi connectivity index (χ1v) is 28.4. The zero-order valence-corrected chi connectivity index (χ0v) is 43.0. The number of hydrogen-bond acceptors (Lipinski definition) is 6. The molecule has 0 aromatic carbocycles. The summed E-state index contributed by atoms with van der Waals surface area (Å²) < 4.78 is 16.9. The number of unbranched alkanes of at least 4 members (excludes halogenated alkanes) is 38. The van der Waals surface area contributed by atoms with E-state index >= 15 is 0 Å². The molecule has 6 heteroatoms. The van der Waals surface area contributed by atoms with Crippen molar-refractivity contribution in [3.05, 3.63) is 0 Å². The van der Waals surface area contributed by atoms with Crippen LogP contribution in [0.4, 0.5) is 0 Å². The summed E-state index contributed by atoms with van der Waals surface area (Å²) in [5.41, 5.74) is 0. The molecule has 0 aliphatic rings. The van der Waals surface area contributed by atoms with Gasteiger partial charge in [-0.25, -0.2) is 0 Å². The Morgan fingerprint density at radius 2 is 0.556 bits per heavy atom. The molecule has 1 unspecified atom stereocenters. The number of carbonyl (C=O) groups is 3. The Hall–Kier alpha value is -1.59. The van der Waals surface area contributed by atoms with Crippen LogP contribution in [0.1, 0.15) is 323 Å². The van der Waals surface area contributed by atoms with Crippen LogP contribution in [0.25, 0.3) is 0 Å². The first kappa shape index (κ1) is 61.4. The van der Waals surface area contributed by atoms with E-state index in [0.29, 0.717) is 19.3 Å². The predicted molar refractivity (Wildman–Crippen MR) is 270 cm³/mol. The molecule has 0 bridgehead atoms. The van der Waals surface area contributed by atoms with E-state index in [1.54, 1.807) is 0 Å². The summed E-state index contributed by atoms with van der Waals surface area (Å²) >= 11 is 0.